The van der Waals surface area contributed by atoms with Gasteiger partial charge in [0.1, 0.15) is 11.3 Å². The Hall–Kier alpha value is -3.03. The molecule has 0 aromatic carbocycles. The van der Waals surface area contributed by atoms with Gasteiger partial charge in [-0.15, -0.1) is 0 Å². The predicted molar refractivity (Wildman–Crippen MR) is 98.4 cm³/mol. The molecule has 0 atom stereocenters. The molecule has 1 amide bonds. The summed E-state index contributed by atoms with van der Waals surface area (Å²) in [7, 11) is 3.54. The summed E-state index contributed by atoms with van der Waals surface area (Å²) >= 11 is 0. The Morgan fingerprint density at radius 1 is 1.15 bits per heavy atom. The van der Waals surface area contributed by atoms with E-state index >= 15 is 0 Å². The molecule has 0 bridgehead atoms. The Morgan fingerprint density at radius 3 is 2.58 bits per heavy atom. The number of carbonyl (C=O) groups excluding carboxylic acids is 1. The van der Waals surface area contributed by atoms with Gasteiger partial charge < -0.3 is 9.47 Å². The summed E-state index contributed by atoms with van der Waals surface area (Å²) in [6.07, 6.45) is 9.53. The zero-order valence-electron chi connectivity index (χ0n) is 14.9. The number of rotatable bonds is 4. The zero-order chi connectivity index (χ0) is 18.1. The molecule has 1 saturated carbocycles. The lowest BCUT2D eigenvalue weighted by molar-refractivity contribution is 0.0815. The van der Waals surface area contributed by atoms with Crippen LogP contribution in [0.2, 0.25) is 0 Å². The molecule has 8 heteroatoms. The third kappa shape index (κ3) is 2.98. The van der Waals surface area contributed by atoms with Crippen LogP contribution in [0.3, 0.4) is 0 Å². The molecule has 1 aliphatic carbocycles. The van der Waals surface area contributed by atoms with Crippen molar-refractivity contribution in [2.45, 2.75) is 31.7 Å². The third-order valence-electron chi connectivity index (χ3n) is 4.68. The second-order valence-electron chi connectivity index (χ2n) is 6.71. The average molecular weight is 351 g/mol. The number of nitrogens with one attached hydrogen (secondary N) is 1. The van der Waals surface area contributed by atoms with Crippen molar-refractivity contribution in [3.63, 3.8) is 0 Å². The molecule has 3 heterocycles. The van der Waals surface area contributed by atoms with Gasteiger partial charge in [0.05, 0.1) is 0 Å². The summed E-state index contributed by atoms with van der Waals surface area (Å²) in [5.41, 5.74) is 1.44. The maximum absolute atomic E-state index is 12.7. The van der Waals surface area contributed by atoms with Gasteiger partial charge in [0, 0.05) is 44.1 Å². The smallest absolute Gasteiger partial charge is 0.270 e. The van der Waals surface area contributed by atoms with Gasteiger partial charge in [-0.05, 0) is 25.0 Å². The van der Waals surface area contributed by atoms with Crippen molar-refractivity contribution < 1.29 is 4.79 Å². The number of carbonyl (C=O) groups is 1. The van der Waals surface area contributed by atoms with E-state index in [4.69, 9.17) is 0 Å². The van der Waals surface area contributed by atoms with Crippen molar-refractivity contribution in [3.8, 4) is 0 Å². The number of hydrogen-bond donors (Lipinski definition) is 1. The molecule has 134 valence electrons. The van der Waals surface area contributed by atoms with E-state index in [9.17, 15) is 4.79 Å². The highest BCUT2D eigenvalue weighted by Crippen LogP contribution is 2.34. The number of fused-ring (bicyclic) bond motifs is 1. The minimum absolute atomic E-state index is 0.0178. The maximum atomic E-state index is 12.7. The first-order chi connectivity index (χ1) is 12.6. The van der Waals surface area contributed by atoms with Crippen molar-refractivity contribution in [1.29, 1.82) is 0 Å². The fourth-order valence-electron chi connectivity index (χ4n) is 3.46. The number of amides is 1. The van der Waals surface area contributed by atoms with E-state index in [0.29, 0.717) is 23.6 Å². The first-order valence-electron chi connectivity index (χ1n) is 8.77. The molecular weight excluding hydrogens is 330 g/mol. The largest absolute Gasteiger partial charge is 0.343 e. The number of anilines is 2. The SMILES string of the molecule is CN(C)C(=O)c1cc2cnc(Nc3ncccn3)nc2n1C1CCCC1. The summed E-state index contributed by atoms with van der Waals surface area (Å²) in [4.78, 5) is 31.6. The van der Waals surface area contributed by atoms with E-state index in [1.165, 1.54) is 12.8 Å². The lowest BCUT2D eigenvalue weighted by Crippen LogP contribution is -2.25. The number of nitrogens with zero attached hydrogens (tertiary/aromatic N) is 6. The van der Waals surface area contributed by atoms with Gasteiger partial charge >= 0.3 is 0 Å². The van der Waals surface area contributed by atoms with Crippen LogP contribution in [-0.2, 0) is 0 Å². The highest BCUT2D eigenvalue weighted by Gasteiger charge is 2.26. The monoisotopic (exact) mass is 351 g/mol. The van der Waals surface area contributed by atoms with Crippen molar-refractivity contribution in [3.05, 3.63) is 36.4 Å². The predicted octanol–water partition coefficient (Wildman–Crippen LogP) is 2.78. The lowest BCUT2D eigenvalue weighted by atomic mass is 10.2. The minimum Gasteiger partial charge on any atom is -0.343 e. The van der Waals surface area contributed by atoms with Gasteiger partial charge in [-0.3, -0.25) is 10.1 Å². The molecule has 0 radical (unpaired) electrons. The summed E-state index contributed by atoms with van der Waals surface area (Å²) in [5, 5.41) is 3.88. The van der Waals surface area contributed by atoms with Crippen molar-refractivity contribution in [2.24, 2.45) is 0 Å². The van der Waals surface area contributed by atoms with Crippen molar-refractivity contribution in [1.82, 2.24) is 29.4 Å². The second kappa shape index (κ2) is 6.70. The molecule has 0 aliphatic heterocycles. The van der Waals surface area contributed by atoms with Gasteiger partial charge in [-0.25, -0.2) is 15.0 Å². The van der Waals surface area contributed by atoms with Crippen LogP contribution in [0, 0.1) is 0 Å². The molecule has 1 N–H and O–H groups in total. The van der Waals surface area contributed by atoms with Gasteiger partial charge in [-0.2, -0.15) is 4.98 Å². The van der Waals surface area contributed by atoms with Gasteiger partial charge in [-0.1, -0.05) is 12.8 Å². The molecule has 8 nitrogen and oxygen atoms in total. The summed E-state index contributed by atoms with van der Waals surface area (Å²) in [6, 6.07) is 3.93. The van der Waals surface area contributed by atoms with Gasteiger partial charge in [0.25, 0.3) is 5.91 Å². The second-order valence-corrected chi connectivity index (χ2v) is 6.71. The Morgan fingerprint density at radius 2 is 1.88 bits per heavy atom. The lowest BCUT2D eigenvalue weighted by Gasteiger charge is -2.19. The fourth-order valence-corrected chi connectivity index (χ4v) is 3.46. The van der Waals surface area contributed by atoms with Crippen LogP contribution in [0.15, 0.2) is 30.7 Å². The van der Waals surface area contributed by atoms with Crippen LogP contribution in [0.1, 0.15) is 42.2 Å². The standard InChI is InChI=1S/C18H21N7O/c1-24(2)16(26)14-10-12-11-21-18(23-17-19-8-5-9-20-17)22-15(12)25(14)13-6-3-4-7-13/h5,8-11,13H,3-4,6-7H2,1-2H3,(H,19,20,21,22,23). The van der Waals surface area contributed by atoms with E-state index in [0.717, 1.165) is 23.9 Å². The Kier molecular flexibility index (Phi) is 4.24. The molecule has 26 heavy (non-hydrogen) atoms. The first-order valence-corrected chi connectivity index (χ1v) is 8.77. The Balaban J connectivity index is 1.80. The molecule has 0 unspecified atom stereocenters. The molecule has 1 aliphatic rings. The number of aromatic nitrogens is 5. The average Bonchev–Trinajstić information content (AvgIpc) is 3.28. The minimum atomic E-state index is -0.0178. The summed E-state index contributed by atoms with van der Waals surface area (Å²) in [5.74, 6) is 0.844. The zero-order valence-corrected chi connectivity index (χ0v) is 14.9. The van der Waals surface area contributed by atoms with Crippen LogP contribution < -0.4 is 5.32 Å². The van der Waals surface area contributed by atoms with Crippen LogP contribution in [0.4, 0.5) is 11.9 Å². The highest BCUT2D eigenvalue weighted by molar-refractivity contribution is 5.97. The Labute approximate surface area is 151 Å². The first kappa shape index (κ1) is 16.4. The third-order valence-corrected chi connectivity index (χ3v) is 4.68. The molecule has 3 aromatic heterocycles. The summed E-state index contributed by atoms with van der Waals surface area (Å²) in [6.45, 7) is 0. The van der Waals surface area contributed by atoms with Crippen LogP contribution in [-0.4, -0.2) is 49.4 Å². The van der Waals surface area contributed by atoms with E-state index in [-0.39, 0.29) is 5.91 Å². The Bertz CT molecular complexity index is 929. The number of hydrogen-bond acceptors (Lipinski definition) is 6. The molecule has 3 aromatic rings. The van der Waals surface area contributed by atoms with E-state index in [1.807, 2.05) is 6.07 Å². The molecule has 4 rings (SSSR count). The van der Waals surface area contributed by atoms with Gasteiger partial charge in [0.2, 0.25) is 11.9 Å². The molecule has 1 fully saturated rings. The van der Waals surface area contributed by atoms with E-state index in [2.05, 4.69) is 29.8 Å². The van der Waals surface area contributed by atoms with E-state index in [1.54, 1.807) is 43.7 Å². The topological polar surface area (TPSA) is 88.8 Å². The molecular formula is C18H21N7O. The summed E-state index contributed by atoms with van der Waals surface area (Å²) < 4.78 is 2.09. The van der Waals surface area contributed by atoms with Crippen molar-refractivity contribution >= 4 is 28.8 Å². The quantitative estimate of drug-likeness (QED) is 0.777. The fraction of sp³-hybridized carbons (Fsp3) is 0.389. The van der Waals surface area contributed by atoms with Gasteiger partial charge in [0.15, 0.2) is 0 Å². The van der Waals surface area contributed by atoms with Crippen LogP contribution in [0.25, 0.3) is 11.0 Å². The maximum Gasteiger partial charge on any atom is 0.270 e. The van der Waals surface area contributed by atoms with E-state index < -0.39 is 0 Å². The van der Waals surface area contributed by atoms with Crippen LogP contribution in [0.5, 0.6) is 0 Å². The molecule has 0 spiro atoms. The van der Waals surface area contributed by atoms with Crippen LogP contribution >= 0.6 is 0 Å². The normalized spacial score (nSPS) is 14.7. The molecule has 0 saturated heterocycles. The highest BCUT2D eigenvalue weighted by atomic mass is 16.2. The van der Waals surface area contributed by atoms with Crippen molar-refractivity contribution in [2.75, 3.05) is 19.4 Å².